The number of hydrogen-bond acceptors (Lipinski definition) is 4. The molecule has 4 nitrogen and oxygen atoms in total. The Hall–Kier alpha value is -1.94. The zero-order valence-corrected chi connectivity index (χ0v) is 12.1. The van der Waals surface area contributed by atoms with E-state index in [1.807, 2.05) is 30.3 Å². The molecule has 2 heterocycles. The third-order valence-corrected chi connectivity index (χ3v) is 3.25. The molecule has 0 aliphatic rings. The van der Waals surface area contributed by atoms with E-state index in [1.165, 1.54) is 0 Å². The molecule has 4 heteroatoms. The maximum atomic E-state index is 9.37. The van der Waals surface area contributed by atoms with Crippen molar-refractivity contribution in [1.29, 1.82) is 0 Å². The summed E-state index contributed by atoms with van der Waals surface area (Å²) in [4.78, 5) is 11.2. The van der Waals surface area contributed by atoms with Crippen LogP contribution in [0.5, 0.6) is 0 Å². The molecule has 2 aromatic heterocycles. The van der Waals surface area contributed by atoms with E-state index in [4.69, 9.17) is 0 Å². The van der Waals surface area contributed by atoms with Gasteiger partial charge in [-0.3, -0.25) is 4.98 Å². The van der Waals surface area contributed by atoms with Gasteiger partial charge in [0.2, 0.25) is 0 Å². The first kappa shape index (κ1) is 14.5. The van der Waals surface area contributed by atoms with Crippen LogP contribution in [-0.2, 0) is 19.6 Å². The summed E-state index contributed by atoms with van der Waals surface area (Å²) >= 11 is 0. The number of rotatable bonds is 6. The fourth-order valence-corrected chi connectivity index (χ4v) is 2.11. The monoisotopic (exact) mass is 271 g/mol. The number of aryl methyl sites for hydroxylation is 1. The average molecular weight is 271 g/mol. The molecule has 0 aliphatic heterocycles. The van der Waals surface area contributed by atoms with E-state index < -0.39 is 0 Å². The molecule has 0 saturated carbocycles. The summed E-state index contributed by atoms with van der Waals surface area (Å²) in [5.74, 6) is 0.904. The van der Waals surface area contributed by atoms with Gasteiger partial charge in [-0.15, -0.1) is 0 Å². The Balaban J connectivity index is 2.26. The fourth-order valence-electron chi connectivity index (χ4n) is 2.11. The van der Waals surface area contributed by atoms with Gasteiger partial charge in [0, 0.05) is 18.4 Å². The molecule has 0 radical (unpaired) electrons. The third-order valence-electron chi connectivity index (χ3n) is 3.25. The van der Waals surface area contributed by atoms with Crippen molar-refractivity contribution in [2.75, 3.05) is 11.4 Å². The molecular formula is C16H21N3O. The standard InChI is InChI=1S/C16H21N3O/c1-3-14-9-13(12-20)10-16(18-14)19(4-2)11-15-7-5-6-8-17-15/h5-10,20H,3-4,11-12H2,1-2H3. The van der Waals surface area contributed by atoms with E-state index in [0.29, 0.717) is 0 Å². The number of nitrogens with zero attached hydrogens (tertiary/aromatic N) is 3. The molecule has 2 aromatic rings. The van der Waals surface area contributed by atoms with Crippen LogP contribution in [0.2, 0.25) is 0 Å². The van der Waals surface area contributed by atoms with Crippen molar-refractivity contribution >= 4 is 5.82 Å². The van der Waals surface area contributed by atoms with Gasteiger partial charge >= 0.3 is 0 Å². The van der Waals surface area contributed by atoms with Crippen LogP contribution in [0.15, 0.2) is 36.5 Å². The predicted molar refractivity (Wildman–Crippen MR) is 80.5 cm³/mol. The van der Waals surface area contributed by atoms with Crippen molar-refractivity contribution in [3.8, 4) is 0 Å². The smallest absolute Gasteiger partial charge is 0.129 e. The molecule has 0 fully saturated rings. The Bertz CT molecular complexity index is 520. The minimum atomic E-state index is 0.0453. The number of aromatic nitrogens is 2. The molecular weight excluding hydrogens is 250 g/mol. The molecule has 0 spiro atoms. The maximum absolute atomic E-state index is 9.37. The molecule has 0 amide bonds. The number of pyridine rings is 2. The largest absolute Gasteiger partial charge is 0.392 e. The highest BCUT2D eigenvalue weighted by Gasteiger charge is 2.10. The molecule has 0 bridgehead atoms. The first-order valence-electron chi connectivity index (χ1n) is 7.02. The lowest BCUT2D eigenvalue weighted by molar-refractivity contribution is 0.281. The summed E-state index contributed by atoms with van der Waals surface area (Å²) in [6.45, 7) is 5.79. The highest BCUT2D eigenvalue weighted by atomic mass is 16.3. The number of aliphatic hydroxyl groups excluding tert-OH is 1. The van der Waals surface area contributed by atoms with Crippen LogP contribution in [0.25, 0.3) is 0 Å². The molecule has 2 rings (SSSR count). The van der Waals surface area contributed by atoms with E-state index >= 15 is 0 Å². The van der Waals surface area contributed by atoms with Crippen LogP contribution < -0.4 is 4.90 Å². The van der Waals surface area contributed by atoms with E-state index in [2.05, 4.69) is 28.7 Å². The highest BCUT2D eigenvalue weighted by molar-refractivity contribution is 5.43. The lowest BCUT2D eigenvalue weighted by atomic mass is 10.2. The van der Waals surface area contributed by atoms with E-state index in [-0.39, 0.29) is 6.61 Å². The summed E-state index contributed by atoms with van der Waals surface area (Å²) in [6.07, 6.45) is 2.67. The van der Waals surface area contributed by atoms with Gasteiger partial charge in [0.25, 0.3) is 0 Å². The van der Waals surface area contributed by atoms with Gasteiger partial charge in [0.15, 0.2) is 0 Å². The van der Waals surface area contributed by atoms with Crippen molar-refractivity contribution in [1.82, 2.24) is 9.97 Å². The topological polar surface area (TPSA) is 49.2 Å². The van der Waals surface area contributed by atoms with Gasteiger partial charge in [-0.05, 0) is 43.2 Å². The molecule has 0 aromatic carbocycles. The minimum absolute atomic E-state index is 0.0453. The van der Waals surface area contributed by atoms with E-state index in [9.17, 15) is 5.11 Å². The second kappa shape index (κ2) is 7.01. The van der Waals surface area contributed by atoms with Crippen LogP contribution in [0.4, 0.5) is 5.82 Å². The Morgan fingerprint density at radius 2 is 2.00 bits per heavy atom. The van der Waals surface area contributed by atoms with E-state index in [0.717, 1.165) is 42.3 Å². The number of hydrogen-bond donors (Lipinski definition) is 1. The van der Waals surface area contributed by atoms with E-state index in [1.54, 1.807) is 6.20 Å². The first-order chi connectivity index (χ1) is 9.76. The van der Waals surface area contributed by atoms with Crippen molar-refractivity contribution in [3.05, 3.63) is 53.5 Å². The van der Waals surface area contributed by atoms with Crippen molar-refractivity contribution in [2.24, 2.45) is 0 Å². The molecule has 0 aliphatic carbocycles. The van der Waals surface area contributed by atoms with Crippen LogP contribution in [-0.4, -0.2) is 21.6 Å². The highest BCUT2D eigenvalue weighted by Crippen LogP contribution is 2.17. The molecule has 0 atom stereocenters. The second-order valence-electron chi connectivity index (χ2n) is 4.67. The second-order valence-corrected chi connectivity index (χ2v) is 4.67. The fraction of sp³-hybridized carbons (Fsp3) is 0.375. The van der Waals surface area contributed by atoms with Gasteiger partial charge in [0.1, 0.15) is 5.82 Å². The van der Waals surface area contributed by atoms with Crippen LogP contribution in [0, 0.1) is 0 Å². The van der Waals surface area contributed by atoms with Gasteiger partial charge < -0.3 is 10.0 Å². The number of anilines is 1. The van der Waals surface area contributed by atoms with Crippen molar-refractivity contribution in [2.45, 2.75) is 33.4 Å². The third kappa shape index (κ3) is 3.54. The summed E-state index contributed by atoms with van der Waals surface area (Å²) in [6, 6.07) is 9.83. The first-order valence-corrected chi connectivity index (χ1v) is 7.02. The maximum Gasteiger partial charge on any atom is 0.129 e. The Morgan fingerprint density at radius 1 is 1.15 bits per heavy atom. The molecule has 106 valence electrons. The molecule has 0 saturated heterocycles. The van der Waals surface area contributed by atoms with Crippen molar-refractivity contribution in [3.63, 3.8) is 0 Å². The summed E-state index contributed by atoms with van der Waals surface area (Å²) < 4.78 is 0. The Morgan fingerprint density at radius 3 is 2.60 bits per heavy atom. The Kier molecular flexibility index (Phi) is 5.07. The average Bonchev–Trinajstić information content (AvgIpc) is 2.53. The van der Waals surface area contributed by atoms with Crippen molar-refractivity contribution < 1.29 is 5.11 Å². The van der Waals surface area contributed by atoms with Crippen LogP contribution in [0.3, 0.4) is 0 Å². The quantitative estimate of drug-likeness (QED) is 0.877. The van der Waals surface area contributed by atoms with Gasteiger partial charge in [-0.1, -0.05) is 13.0 Å². The summed E-state index contributed by atoms with van der Waals surface area (Å²) in [5.41, 5.74) is 2.93. The van der Waals surface area contributed by atoms with Crippen LogP contribution >= 0.6 is 0 Å². The lowest BCUT2D eigenvalue weighted by Gasteiger charge is -2.22. The normalized spacial score (nSPS) is 10.6. The molecule has 20 heavy (non-hydrogen) atoms. The van der Waals surface area contributed by atoms with Gasteiger partial charge in [0.05, 0.1) is 18.8 Å². The van der Waals surface area contributed by atoms with Crippen LogP contribution in [0.1, 0.15) is 30.8 Å². The SMILES string of the molecule is CCc1cc(CO)cc(N(CC)Cc2ccccn2)n1. The Labute approximate surface area is 120 Å². The number of aliphatic hydroxyl groups is 1. The minimum Gasteiger partial charge on any atom is -0.392 e. The summed E-state index contributed by atoms with van der Waals surface area (Å²) in [7, 11) is 0. The molecule has 1 N–H and O–H groups in total. The van der Waals surface area contributed by atoms with Gasteiger partial charge in [-0.2, -0.15) is 0 Å². The zero-order chi connectivity index (χ0) is 14.4. The predicted octanol–water partition coefficient (Wildman–Crippen LogP) is 2.56. The summed E-state index contributed by atoms with van der Waals surface area (Å²) in [5, 5.41) is 9.37. The van der Waals surface area contributed by atoms with Gasteiger partial charge in [-0.25, -0.2) is 4.98 Å². The zero-order valence-electron chi connectivity index (χ0n) is 12.1. The molecule has 0 unspecified atom stereocenters. The lowest BCUT2D eigenvalue weighted by Crippen LogP contribution is -2.24.